The molecule has 0 saturated carbocycles. The highest BCUT2D eigenvalue weighted by atomic mass is 16.3. The largest absolute Gasteiger partial charge is 0.388 e. The van der Waals surface area contributed by atoms with Gasteiger partial charge in [-0.25, -0.2) is 0 Å². The summed E-state index contributed by atoms with van der Waals surface area (Å²) in [4.78, 5) is 2.08. The maximum atomic E-state index is 9.74. The number of hydrogen-bond acceptors (Lipinski definition) is 2. The van der Waals surface area contributed by atoms with E-state index in [1.54, 1.807) is 0 Å². The Hall–Kier alpha value is -0.860. The molecule has 0 amide bonds. The molecule has 1 atom stereocenters. The van der Waals surface area contributed by atoms with Crippen molar-refractivity contribution < 1.29 is 5.11 Å². The van der Waals surface area contributed by atoms with Crippen molar-refractivity contribution in [2.45, 2.75) is 12.5 Å². The van der Waals surface area contributed by atoms with E-state index in [2.05, 4.69) is 4.90 Å². The fraction of sp³-hybridized carbons (Fsp3) is 0.455. The maximum Gasteiger partial charge on any atom is 0.0802 e. The van der Waals surface area contributed by atoms with E-state index in [4.69, 9.17) is 0 Å². The summed E-state index contributed by atoms with van der Waals surface area (Å²) >= 11 is 0. The zero-order valence-corrected chi connectivity index (χ0v) is 8.27. The van der Waals surface area contributed by atoms with Crippen LogP contribution in [0.3, 0.4) is 0 Å². The molecule has 0 aliphatic heterocycles. The van der Waals surface area contributed by atoms with Gasteiger partial charge in [0.25, 0.3) is 0 Å². The second kappa shape index (κ2) is 5.00. The number of aliphatic hydroxyl groups is 1. The number of benzene rings is 1. The van der Waals surface area contributed by atoms with Gasteiger partial charge in [0.05, 0.1) is 6.10 Å². The average molecular weight is 179 g/mol. The summed E-state index contributed by atoms with van der Waals surface area (Å²) in [5.74, 6) is 0. The Morgan fingerprint density at radius 3 is 2.38 bits per heavy atom. The molecule has 0 unspecified atom stereocenters. The van der Waals surface area contributed by atoms with Crippen LogP contribution in [0.25, 0.3) is 0 Å². The predicted molar refractivity (Wildman–Crippen MR) is 54.6 cm³/mol. The van der Waals surface area contributed by atoms with E-state index in [1.165, 1.54) is 0 Å². The van der Waals surface area contributed by atoms with E-state index in [0.29, 0.717) is 0 Å². The fourth-order valence-electron chi connectivity index (χ4n) is 1.22. The Morgan fingerprint density at radius 2 is 1.85 bits per heavy atom. The molecule has 0 heterocycles. The monoisotopic (exact) mass is 179 g/mol. The summed E-state index contributed by atoms with van der Waals surface area (Å²) in [7, 11) is 4.02. The van der Waals surface area contributed by atoms with E-state index < -0.39 is 0 Å². The molecular formula is C11H17NO. The Balaban J connectivity index is 2.44. The highest BCUT2D eigenvalue weighted by Gasteiger charge is 2.06. The van der Waals surface area contributed by atoms with E-state index >= 15 is 0 Å². The van der Waals surface area contributed by atoms with Crippen molar-refractivity contribution in [3.63, 3.8) is 0 Å². The number of rotatable bonds is 4. The summed E-state index contributed by atoms with van der Waals surface area (Å²) in [5.41, 5.74) is 1.00. The van der Waals surface area contributed by atoms with Gasteiger partial charge >= 0.3 is 0 Å². The Bertz CT molecular complexity index is 233. The van der Waals surface area contributed by atoms with Gasteiger partial charge in [0.15, 0.2) is 0 Å². The van der Waals surface area contributed by atoms with Crippen molar-refractivity contribution in [1.29, 1.82) is 0 Å². The Kier molecular flexibility index (Phi) is 3.93. The standard InChI is InChI=1S/C11H17NO/c1-12(2)9-8-11(13)10-6-4-3-5-7-10/h3-7,11,13H,8-9H2,1-2H3/t11-/m1/s1. The predicted octanol–water partition coefficient (Wildman–Crippen LogP) is 1.67. The van der Waals surface area contributed by atoms with E-state index in [9.17, 15) is 5.11 Å². The van der Waals surface area contributed by atoms with Gasteiger partial charge in [-0.05, 0) is 26.1 Å². The van der Waals surface area contributed by atoms with Gasteiger partial charge < -0.3 is 10.0 Å². The first kappa shape index (κ1) is 10.2. The normalized spacial score (nSPS) is 13.2. The van der Waals surface area contributed by atoms with Crippen molar-refractivity contribution in [1.82, 2.24) is 4.90 Å². The van der Waals surface area contributed by atoms with E-state index in [1.807, 2.05) is 44.4 Å². The fourth-order valence-corrected chi connectivity index (χ4v) is 1.22. The lowest BCUT2D eigenvalue weighted by molar-refractivity contribution is 0.154. The first-order valence-electron chi connectivity index (χ1n) is 4.58. The molecule has 1 aromatic carbocycles. The third-order valence-electron chi connectivity index (χ3n) is 2.03. The molecule has 2 nitrogen and oxygen atoms in total. The molecular weight excluding hydrogens is 162 g/mol. The third-order valence-corrected chi connectivity index (χ3v) is 2.03. The van der Waals surface area contributed by atoms with Gasteiger partial charge in [-0.15, -0.1) is 0 Å². The minimum absolute atomic E-state index is 0.330. The van der Waals surface area contributed by atoms with Gasteiger partial charge in [0.1, 0.15) is 0 Å². The first-order valence-corrected chi connectivity index (χ1v) is 4.58. The summed E-state index contributed by atoms with van der Waals surface area (Å²) in [6.07, 6.45) is 0.459. The number of nitrogens with zero attached hydrogens (tertiary/aromatic N) is 1. The van der Waals surface area contributed by atoms with Crippen LogP contribution in [0, 0.1) is 0 Å². The Morgan fingerprint density at radius 1 is 1.23 bits per heavy atom. The van der Waals surface area contributed by atoms with Crippen LogP contribution in [0.15, 0.2) is 30.3 Å². The van der Waals surface area contributed by atoms with Crippen LogP contribution >= 0.6 is 0 Å². The first-order chi connectivity index (χ1) is 6.20. The van der Waals surface area contributed by atoms with Gasteiger partial charge in [-0.3, -0.25) is 0 Å². The molecule has 0 aliphatic carbocycles. The summed E-state index contributed by atoms with van der Waals surface area (Å²) in [6, 6.07) is 9.78. The van der Waals surface area contributed by atoms with Crippen LogP contribution in [0.2, 0.25) is 0 Å². The van der Waals surface area contributed by atoms with Crippen molar-refractivity contribution >= 4 is 0 Å². The average Bonchev–Trinajstić information content (AvgIpc) is 2.15. The van der Waals surface area contributed by atoms with Crippen molar-refractivity contribution in [2.75, 3.05) is 20.6 Å². The second-order valence-electron chi connectivity index (χ2n) is 3.52. The van der Waals surface area contributed by atoms with Crippen molar-refractivity contribution in [3.05, 3.63) is 35.9 Å². The molecule has 0 radical (unpaired) electrons. The second-order valence-corrected chi connectivity index (χ2v) is 3.52. The van der Waals surface area contributed by atoms with Gasteiger partial charge in [-0.1, -0.05) is 30.3 Å². The maximum absolute atomic E-state index is 9.74. The highest BCUT2D eigenvalue weighted by Crippen LogP contribution is 2.15. The smallest absolute Gasteiger partial charge is 0.0802 e. The summed E-state index contributed by atoms with van der Waals surface area (Å²) in [6.45, 7) is 0.913. The molecule has 1 N–H and O–H groups in total. The van der Waals surface area contributed by atoms with E-state index in [-0.39, 0.29) is 6.10 Å². The zero-order chi connectivity index (χ0) is 9.68. The van der Waals surface area contributed by atoms with Gasteiger partial charge in [-0.2, -0.15) is 0 Å². The molecule has 0 fully saturated rings. The molecule has 0 aromatic heterocycles. The lowest BCUT2D eigenvalue weighted by Crippen LogP contribution is -2.15. The number of hydrogen-bond donors (Lipinski definition) is 1. The summed E-state index contributed by atoms with van der Waals surface area (Å²) in [5, 5.41) is 9.74. The van der Waals surface area contributed by atoms with Crippen molar-refractivity contribution in [2.24, 2.45) is 0 Å². The van der Waals surface area contributed by atoms with Crippen LogP contribution in [0.4, 0.5) is 0 Å². The molecule has 1 rings (SSSR count). The topological polar surface area (TPSA) is 23.5 Å². The molecule has 0 saturated heterocycles. The minimum Gasteiger partial charge on any atom is -0.388 e. The molecule has 0 bridgehead atoms. The quantitative estimate of drug-likeness (QED) is 0.760. The molecule has 13 heavy (non-hydrogen) atoms. The van der Waals surface area contributed by atoms with Crippen LogP contribution in [-0.2, 0) is 0 Å². The molecule has 0 spiro atoms. The molecule has 1 aromatic rings. The minimum atomic E-state index is -0.330. The number of aliphatic hydroxyl groups excluding tert-OH is 1. The van der Waals surface area contributed by atoms with Crippen LogP contribution in [-0.4, -0.2) is 30.6 Å². The van der Waals surface area contributed by atoms with Gasteiger partial charge in [0, 0.05) is 6.54 Å². The SMILES string of the molecule is CN(C)CC[C@@H](O)c1ccccc1. The van der Waals surface area contributed by atoms with Crippen molar-refractivity contribution in [3.8, 4) is 0 Å². The van der Waals surface area contributed by atoms with Crippen LogP contribution in [0.5, 0.6) is 0 Å². The molecule has 72 valence electrons. The third kappa shape index (κ3) is 3.57. The lowest BCUT2D eigenvalue weighted by Gasteiger charge is -2.14. The van der Waals surface area contributed by atoms with Gasteiger partial charge in [0.2, 0.25) is 0 Å². The Labute approximate surface area is 79.8 Å². The van der Waals surface area contributed by atoms with Crippen LogP contribution in [0.1, 0.15) is 18.1 Å². The lowest BCUT2D eigenvalue weighted by atomic mass is 10.1. The molecule has 0 aliphatic rings. The van der Waals surface area contributed by atoms with Crippen LogP contribution < -0.4 is 0 Å². The zero-order valence-electron chi connectivity index (χ0n) is 8.27. The van der Waals surface area contributed by atoms with E-state index in [0.717, 1.165) is 18.5 Å². The summed E-state index contributed by atoms with van der Waals surface area (Å²) < 4.78 is 0. The molecule has 2 heteroatoms. The highest BCUT2D eigenvalue weighted by molar-refractivity contribution is 5.17.